The Balaban J connectivity index is 1.81. The van der Waals surface area contributed by atoms with E-state index < -0.39 is 24.9 Å². The van der Waals surface area contributed by atoms with Crippen molar-refractivity contribution in [1.29, 1.82) is 0 Å². The number of alkyl halides is 3. The molecule has 4 N–H and O–H groups in total. The lowest BCUT2D eigenvalue weighted by Gasteiger charge is -2.24. The second-order valence-electron chi connectivity index (χ2n) is 7.17. The molecule has 0 saturated carbocycles. The topological polar surface area (TPSA) is 106 Å². The van der Waals surface area contributed by atoms with Crippen molar-refractivity contribution in [1.82, 2.24) is 0 Å². The highest BCUT2D eigenvalue weighted by atomic mass is 31.2. The molecule has 30 heavy (non-hydrogen) atoms. The first-order valence-electron chi connectivity index (χ1n) is 9.05. The van der Waals surface area contributed by atoms with Gasteiger partial charge in [0.25, 0.3) is 0 Å². The average Bonchev–Trinajstić information content (AvgIpc) is 3.09. The normalized spacial score (nSPS) is 14.0. The van der Waals surface area contributed by atoms with Crippen molar-refractivity contribution in [3.63, 3.8) is 0 Å². The number of furan rings is 1. The van der Waals surface area contributed by atoms with Gasteiger partial charge in [-0.25, -0.2) is 0 Å². The van der Waals surface area contributed by atoms with E-state index in [2.05, 4.69) is 11.8 Å². The van der Waals surface area contributed by atoms with Crippen LogP contribution in [-0.4, -0.2) is 28.1 Å². The molecule has 0 bridgehead atoms. The molecule has 2 aromatic rings. The summed E-state index contributed by atoms with van der Waals surface area (Å²) in [6, 6.07) is 7.74. The van der Waals surface area contributed by atoms with E-state index in [0.29, 0.717) is 24.4 Å². The Labute approximate surface area is 172 Å². The lowest BCUT2D eigenvalue weighted by molar-refractivity contribution is -0.137. The minimum Gasteiger partial charge on any atom is -0.481 e. The van der Waals surface area contributed by atoms with Gasteiger partial charge in [-0.15, -0.1) is 0 Å². The van der Waals surface area contributed by atoms with Crippen molar-refractivity contribution in [3.05, 3.63) is 53.5 Å². The van der Waals surface area contributed by atoms with Crippen molar-refractivity contribution in [3.8, 4) is 17.6 Å². The molecule has 10 heteroatoms. The molecule has 0 saturated heterocycles. The van der Waals surface area contributed by atoms with Gasteiger partial charge in [-0.1, -0.05) is 5.92 Å². The molecule has 0 fully saturated rings. The van der Waals surface area contributed by atoms with E-state index in [4.69, 9.17) is 24.7 Å². The van der Waals surface area contributed by atoms with Gasteiger partial charge in [-0.05, 0) is 62.1 Å². The van der Waals surface area contributed by atoms with Crippen molar-refractivity contribution in [2.24, 2.45) is 5.73 Å². The minimum absolute atomic E-state index is 0.0232. The Bertz CT molecular complexity index is 936. The number of ether oxygens (including phenoxy) is 1. The van der Waals surface area contributed by atoms with Gasteiger partial charge in [0.05, 0.1) is 11.7 Å². The zero-order valence-electron chi connectivity index (χ0n) is 16.3. The van der Waals surface area contributed by atoms with E-state index in [1.165, 1.54) is 12.1 Å². The Morgan fingerprint density at radius 1 is 1.13 bits per heavy atom. The standard InChI is InChI=1S/C20H23F3NO5P/c1-19(24,12-14-30(25,26)27)11-10-18-9-8-17(29-18)3-2-13-28-16-6-4-15(5-7-16)20(21,22)23/h4-9H,10-14,24H2,1H3,(H2,25,26,27). The fourth-order valence-electron chi connectivity index (χ4n) is 2.50. The van der Waals surface area contributed by atoms with E-state index in [1.807, 2.05) is 0 Å². The number of nitrogens with two attached hydrogens (primary N) is 1. The summed E-state index contributed by atoms with van der Waals surface area (Å²) >= 11 is 0. The van der Waals surface area contributed by atoms with E-state index >= 15 is 0 Å². The number of hydrogen-bond acceptors (Lipinski definition) is 4. The minimum atomic E-state index is -4.39. The van der Waals surface area contributed by atoms with Crippen molar-refractivity contribution in [2.75, 3.05) is 12.8 Å². The van der Waals surface area contributed by atoms with E-state index in [-0.39, 0.29) is 24.9 Å². The van der Waals surface area contributed by atoms with Crippen LogP contribution < -0.4 is 10.5 Å². The Morgan fingerprint density at radius 2 is 1.80 bits per heavy atom. The summed E-state index contributed by atoms with van der Waals surface area (Å²) in [6.07, 6.45) is -3.52. The summed E-state index contributed by atoms with van der Waals surface area (Å²) in [5.41, 5.74) is 4.58. The molecule has 0 aliphatic carbocycles. The van der Waals surface area contributed by atoms with E-state index in [9.17, 15) is 17.7 Å². The van der Waals surface area contributed by atoms with Crippen LogP contribution in [0.2, 0.25) is 0 Å². The molecular formula is C20H23F3NO5P. The van der Waals surface area contributed by atoms with Gasteiger partial charge < -0.3 is 24.7 Å². The molecule has 0 aliphatic heterocycles. The van der Waals surface area contributed by atoms with Crippen LogP contribution in [0.25, 0.3) is 0 Å². The molecule has 1 atom stereocenters. The molecular weight excluding hydrogens is 422 g/mol. The molecule has 0 spiro atoms. The van der Waals surface area contributed by atoms with Crippen LogP contribution in [0.1, 0.15) is 36.8 Å². The fourth-order valence-corrected chi connectivity index (χ4v) is 3.30. The number of aryl methyl sites for hydroxylation is 1. The highest BCUT2D eigenvalue weighted by Crippen LogP contribution is 2.37. The van der Waals surface area contributed by atoms with Crippen LogP contribution in [0, 0.1) is 11.8 Å². The maximum absolute atomic E-state index is 12.5. The monoisotopic (exact) mass is 445 g/mol. The summed E-state index contributed by atoms with van der Waals surface area (Å²) in [6.45, 7) is 1.70. The highest BCUT2D eigenvalue weighted by Gasteiger charge is 2.30. The lowest BCUT2D eigenvalue weighted by atomic mass is 9.93. The zero-order valence-corrected chi connectivity index (χ0v) is 17.2. The van der Waals surface area contributed by atoms with Crippen LogP contribution in [0.5, 0.6) is 5.75 Å². The van der Waals surface area contributed by atoms with Gasteiger partial charge >= 0.3 is 13.8 Å². The van der Waals surface area contributed by atoms with Crippen LogP contribution in [0.4, 0.5) is 13.2 Å². The fraction of sp³-hybridized carbons (Fsp3) is 0.400. The molecule has 1 aromatic heterocycles. The van der Waals surface area contributed by atoms with Crippen LogP contribution >= 0.6 is 7.60 Å². The third-order valence-electron chi connectivity index (χ3n) is 4.28. The second kappa shape index (κ2) is 9.71. The largest absolute Gasteiger partial charge is 0.481 e. The van der Waals surface area contributed by atoms with E-state index in [0.717, 1.165) is 12.1 Å². The van der Waals surface area contributed by atoms with E-state index in [1.54, 1.807) is 19.1 Å². The molecule has 0 amide bonds. The molecule has 6 nitrogen and oxygen atoms in total. The van der Waals surface area contributed by atoms with Crippen LogP contribution in [-0.2, 0) is 17.2 Å². The van der Waals surface area contributed by atoms with Crippen molar-refractivity contribution in [2.45, 2.75) is 37.9 Å². The smallest absolute Gasteiger partial charge is 0.416 e. The van der Waals surface area contributed by atoms with Crippen molar-refractivity contribution < 1.29 is 36.7 Å². The number of halogens is 3. The maximum Gasteiger partial charge on any atom is 0.416 e. The molecule has 2 rings (SSSR count). The van der Waals surface area contributed by atoms with Crippen LogP contribution in [0.15, 0.2) is 40.8 Å². The summed E-state index contributed by atoms with van der Waals surface area (Å²) in [7, 11) is -4.09. The SMILES string of the molecule is CC(N)(CCc1ccc(C#CCOc2ccc(C(F)(F)F)cc2)o1)CCP(=O)(O)O. The second-order valence-corrected chi connectivity index (χ2v) is 8.95. The van der Waals surface area contributed by atoms with Gasteiger partial charge in [0.15, 0.2) is 5.76 Å². The molecule has 1 heterocycles. The molecule has 164 valence electrons. The Kier molecular flexibility index (Phi) is 7.78. The number of benzene rings is 1. The summed E-state index contributed by atoms with van der Waals surface area (Å²) < 4.78 is 59.4. The average molecular weight is 445 g/mol. The van der Waals surface area contributed by atoms with Crippen molar-refractivity contribution >= 4 is 7.60 Å². The molecule has 0 radical (unpaired) electrons. The first kappa shape index (κ1) is 24.0. The first-order valence-corrected chi connectivity index (χ1v) is 10.8. The number of rotatable bonds is 8. The van der Waals surface area contributed by atoms with Gasteiger partial charge in [-0.2, -0.15) is 13.2 Å². The quantitative estimate of drug-likeness (QED) is 0.420. The predicted octanol–water partition coefficient (Wildman–Crippen LogP) is 3.95. The molecule has 1 aromatic carbocycles. The third-order valence-corrected chi connectivity index (χ3v) is 5.09. The summed E-state index contributed by atoms with van der Waals surface area (Å²) in [5.74, 6) is 6.78. The first-order chi connectivity index (χ1) is 13.8. The number of hydrogen-bond donors (Lipinski definition) is 3. The maximum atomic E-state index is 12.5. The molecule has 0 aliphatic rings. The third kappa shape index (κ3) is 8.64. The van der Waals surface area contributed by atoms with Gasteiger partial charge in [0.1, 0.15) is 18.1 Å². The Morgan fingerprint density at radius 3 is 2.40 bits per heavy atom. The Hall–Kier alpha value is -2.24. The van der Waals surface area contributed by atoms with Gasteiger partial charge in [-0.3, -0.25) is 4.57 Å². The van der Waals surface area contributed by atoms with Crippen LogP contribution in [0.3, 0.4) is 0 Å². The van der Waals surface area contributed by atoms with Gasteiger partial charge in [0.2, 0.25) is 0 Å². The lowest BCUT2D eigenvalue weighted by Crippen LogP contribution is -2.37. The summed E-state index contributed by atoms with van der Waals surface area (Å²) in [5, 5.41) is 0. The summed E-state index contributed by atoms with van der Waals surface area (Å²) in [4.78, 5) is 17.9. The highest BCUT2D eigenvalue weighted by molar-refractivity contribution is 7.51. The zero-order chi connectivity index (χ0) is 22.4. The molecule has 1 unspecified atom stereocenters. The van der Waals surface area contributed by atoms with Gasteiger partial charge in [0, 0.05) is 12.0 Å². The predicted molar refractivity (Wildman–Crippen MR) is 105 cm³/mol.